The normalized spacial score (nSPS) is 31.7. The van der Waals surface area contributed by atoms with E-state index in [9.17, 15) is 10.2 Å². The second-order valence-corrected chi connectivity index (χ2v) is 3.88. The lowest BCUT2D eigenvalue weighted by atomic mass is 10.1. The van der Waals surface area contributed by atoms with Crippen LogP contribution in [0.25, 0.3) is 0 Å². The van der Waals surface area contributed by atoms with Crippen molar-refractivity contribution in [3.8, 4) is 0 Å². The summed E-state index contributed by atoms with van der Waals surface area (Å²) in [6, 6.07) is 0. The number of aromatic nitrogens is 3. The quantitative estimate of drug-likeness (QED) is 0.242. The van der Waals surface area contributed by atoms with E-state index in [-0.39, 0.29) is 17.6 Å². The minimum absolute atomic E-state index is 0.106. The SMILES string of the molecule is N=C(N)c1nc(N)n(C2OC(CO)C(O)[C@@H]2O)n1. The molecule has 1 aromatic rings. The third kappa shape index (κ3) is 1.90. The first kappa shape index (κ1) is 12.7. The van der Waals surface area contributed by atoms with Gasteiger partial charge in [0.25, 0.3) is 0 Å². The summed E-state index contributed by atoms with van der Waals surface area (Å²) in [5.41, 5.74) is 10.8. The van der Waals surface area contributed by atoms with E-state index in [4.69, 9.17) is 26.7 Å². The van der Waals surface area contributed by atoms with Crippen LogP contribution in [0, 0.1) is 5.41 Å². The number of hydrogen-bond donors (Lipinski definition) is 6. The first-order valence-corrected chi connectivity index (χ1v) is 5.14. The number of amidine groups is 1. The van der Waals surface area contributed by atoms with Crippen LogP contribution in [-0.2, 0) is 4.74 Å². The van der Waals surface area contributed by atoms with Gasteiger partial charge in [-0.3, -0.25) is 5.41 Å². The molecule has 0 saturated carbocycles. The number of hydrogen-bond acceptors (Lipinski definition) is 8. The van der Waals surface area contributed by atoms with Gasteiger partial charge in [0.05, 0.1) is 6.61 Å². The molecule has 1 saturated heterocycles. The Kier molecular flexibility index (Phi) is 3.17. The summed E-state index contributed by atoms with van der Waals surface area (Å²) in [7, 11) is 0. The Morgan fingerprint density at radius 2 is 2.11 bits per heavy atom. The van der Waals surface area contributed by atoms with Crippen LogP contribution in [0.4, 0.5) is 5.95 Å². The van der Waals surface area contributed by atoms with Crippen molar-refractivity contribution in [1.29, 1.82) is 5.41 Å². The van der Waals surface area contributed by atoms with Gasteiger partial charge in [0.15, 0.2) is 12.1 Å². The summed E-state index contributed by atoms with van der Waals surface area (Å²) in [4.78, 5) is 3.71. The fourth-order valence-corrected chi connectivity index (χ4v) is 1.72. The summed E-state index contributed by atoms with van der Waals surface area (Å²) in [6.07, 6.45) is -4.59. The second-order valence-electron chi connectivity index (χ2n) is 3.88. The van der Waals surface area contributed by atoms with Crippen LogP contribution in [0.15, 0.2) is 0 Å². The Labute approximate surface area is 101 Å². The number of ether oxygens (including phenoxy) is 1. The van der Waals surface area contributed by atoms with Crippen LogP contribution in [0.2, 0.25) is 0 Å². The first-order chi connectivity index (χ1) is 8.45. The molecule has 1 fully saturated rings. The molecule has 2 heterocycles. The Morgan fingerprint density at radius 1 is 1.44 bits per heavy atom. The van der Waals surface area contributed by atoms with Crippen molar-refractivity contribution in [2.75, 3.05) is 12.3 Å². The maximum absolute atomic E-state index is 9.77. The average Bonchev–Trinajstić information content (AvgIpc) is 2.83. The van der Waals surface area contributed by atoms with E-state index in [1.54, 1.807) is 0 Å². The number of aliphatic hydroxyl groups excluding tert-OH is 3. The highest BCUT2D eigenvalue weighted by atomic mass is 16.6. The van der Waals surface area contributed by atoms with E-state index in [0.717, 1.165) is 4.68 Å². The molecule has 100 valence electrons. The molecule has 10 nitrogen and oxygen atoms in total. The van der Waals surface area contributed by atoms with E-state index >= 15 is 0 Å². The minimum Gasteiger partial charge on any atom is -0.394 e. The zero-order chi connectivity index (χ0) is 13.4. The summed E-state index contributed by atoms with van der Waals surface area (Å²) < 4.78 is 6.23. The van der Waals surface area contributed by atoms with Gasteiger partial charge in [-0.2, -0.15) is 9.67 Å². The third-order valence-electron chi connectivity index (χ3n) is 2.66. The molecular weight excluding hydrogens is 244 g/mol. The average molecular weight is 258 g/mol. The second kappa shape index (κ2) is 4.49. The maximum atomic E-state index is 9.77. The number of aliphatic hydroxyl groups is 3. The van der Waals surface area contributed by atoms with Crippen LogP contribution in [0.5, 0.6) is 0 Å². The van der Waals surface area contributed by atoms with E-state index in [0.29, 0.717) is 0 Å². The van der Waals surface area contributed by atoms with E-state index in [1.165, 1.54) is 0 Å². The monoisotopic (exact) mass is 258 g/mol. The minimum atomic E-state index is -1.31. The largest absolute Gasteiger partial charge is 0.394 e. The molecule has 0 spiro atoms. The van der Waals surface area contributed by atoms with Crippen molar-refractivity contribution in [3.05, 3.63) is 5.82 Å². The van der Waals surface area contributed by atoms with Crippen LogP contribution in [-0.4, -0.2) is 60.8 Å². The van der Waals surface area contributed by atoms with Gasteiger partial charge < -0.3 is 31.5 Å². The van der Waals surface area contributed by atoms with Gasteiger partial charge in [0.1, 0.15) is 18.3 Å². The lowest BCUT2D eigenvalue weighted by Crippen LogP contribution is -2.33. The van der Waals surface area contributed by atoms with Crippen LogP contribution in [0.3, 0.4) is 0 Å². The number of nitrogens with one attached hydrogen (secondary N) is 1. The van der Waals surface area contributed by atoms with E-state index in [2.05, 4.69) is 10.1 Å². The molecule has 1 aliphatic rings. The molecule has 8 N–H and O–H groups in total. The molecule has 2 rings (SSSR count). The van der Waals surface area contributed by atoms with E-state index in [1.807, 2.05) is 0 Å². The summed E-state index contributed by atoms with van der Waals surface area (Å²) >= 11 is 0. The molecule has 4 atom stereocenters. The van der Waals surface area contributed by atoms with Crippen molar-refractivity contribution in [2.45, 2.75) is 24.5 Å². The number of nitrogens with two attached hydrogens (primary N) is 2. The lowest BCUT2D eigenvalue weighted by Gasteiger charge is -2.15. The summed E-state index contributed by atoms with van der Waals surface area (Å²) in [5.74, 6) is -0.604. The smallest absolute Gasteiger partial charge is 0.221 e. The molecule has 0 bridgehead atoms. The molecule has 0 amide bonds. The Bertz CT molecular complexity index is 462. The predicted molar refractivity (Wildman–Crippen MR) is 58.5 cm³/mol. The number of rotatable bonds is 3. The van der Waals surface area contributed by atoms with Gasteiger partial charge in [-0.25, -0.2) is 0 Å². The van der Waals surface area contributed by atoms with Crippen molar-refractivity contribution in [3.63, 3.8) is 0 Å². The zero-order valence-electron chi connectivity index (χ0n) is 9.26. The first-order valence-electron chi connectivity index (χ1n) is 5.14. The van der Waals surface area contributed by atoms with Crippen molar-refractivity contribution in [1.82, 2.24) is 14.8 Å². The molecule has 0 aliphatic carbocycles. The molecule has 3 unspecified atom stereocenters. The molecule has 1 aromatic heterocycles. The molecule has 0 aromatic carbocycles. The third-order valence-corrected chi connectivity index (χ3v) is 2.66. The van der Waals surface area contributed by atoms with E-state index < -0.39 is 31.1 Å². The van der Waals surface area contributed by atoms with Crippen LogP contribution < -0.4 is 11.5 Å². The fraction of sp³-hybridized carbons (Fsp3) is 0.625. The predicted octanol–water partition coefficient (Wildman–Crippen LogP) is -3.24. The highest BCUT2D eigenvalue weighted by Gasteiger charge is 2.44. The Balaban J connectivity index is 2.29. The Hall–Kier alpha value is -1.75. The molecular formula is C8H14N6O4. The molecule has 10 heteroatoms. The zero-order valence-corrected chi connectivity index (χ0v) is 9.26. The highest BCUT2D eigenvalue weighted by Crippen LogP contribution is 2.29. The van der Waals surface area contributed by atoms with Gasteiger partial charge in [0, 0.05) is 0 Å². The lowest BCUT2D eigenvalue weighted by molar-refractivity contribution is -0.0575. The van der Waals surface area contributed by atoms with Gasteiger partial charge in [-0.1, -0.05) is 0 Å². The van der Waals surface area contributed by atoms with Crippen molar-refractivity contribution in [2.24, 2.45) is 5.73 Å². The maximum Gasteiger partial charge on any atom is 0.221 e. The molecule has 1 aliphatic heterocycles. The number of anilines is 1. The Morgan fingerprint density at radius 3 is 2.56 bits per heavy atom. The fourth-order valence-electron chi connectivity index (χ4n) is 1.72. The van der Waals surface area contributed by atoms with Gasteiger partial charge >= 0.3 is 0 Å². The van der Waals surface area contributed by atoms with Crippen LogP contribution >= 0.6 is 0 Å². The van der Waals surface area contributed by atoms with Gasteiger partial charge in [-0.05, 0) is 0 Å². The highest BCUT2D eigenvalue weighted by molar-refractivity contribution is 5.91. The number of nitrogen functional groups attached to an aromatic ring is 2. The summed E-state index contributed by atoms with van der Waals surface area (Å²) in [6.45, 7) is -0.455. The van der Waals surface area contributed by atoms with Gasteiger partial charge in [0.2, 0.25) is 11.8 Å². The standard InChI is InChI=1S/C8H14N6O4/c9-5(10)6-12-8(11)14(13-6)7-4(17)3(16)2(1-15)18-7/h2-4,7,15-17H,1H2,(H3,9,10)(H2,11,12,13)/t2?,3?,4-,7?/m0/s1. The van der Waals surface area contributed by atoms with Gasteiger partial charge in [-0.15, -0.1) is 5.10 Å². The number of nitrogens with zero attached hydrogens (tertiary/aromatic N) is 3. The van der Waals surface area contributed by atoms with Crippen molar-refractivity contribution >= 4 is 11.8 Å². The molecule has 18 heavy (non-hydrogen) atoms. The topological polar surface area (TPSA) is 177 Å². The van der Waals surface area contributed by atoms with Crippen LogP contribution in [0.1, 0.15) is 12.1 Å². The molecule has 0 radical (unpaired) electrons. The van der Waals surface area contributed by atoms with Crippen molar-refractivity contribution < 1.29 is 20.1 Å². The summed E-state index contributed by atoms with van der Waals surface area (Å²) in [5, 5.41) is 39.3.